The molecule has 1 aromatic carbocycles. The third-order valence-electron chi connectivity index (χ3n) is 7.58. The minimum Gasteiger partial charge on any atom is -0.432 e. The molecule has 2 fully saturated rings. The fourth-order valence-electron chi connectivity index (χ4n) is 5.68. The summed E-state index contributed by atoms with van der Waals surface area (Å²) in [5, 5.41) is 0.925. The molecule has 0 N–H and O–H groups in total. The summed E-state index contributed by atoms with van der Waals surface area (Å²) in [6, 6.07) is 8.67. The Kier molecular flexibility index (Phi) is 5.71. The van der Waals surface area contributed by atoms with E-state index >= 15 is 0 Å². The lowest BCUT2D eigenvalue weighted by atomic mass is 10.0. The Morgan fingerprint density at radius 2 is 1.89 bits per heavy atom. The van der Waals surface area contributed by atoms with Crippen LogP contribution in [0.4, 0.5) is 5.82 Å². The number of fused-ring (bicyclic) bond motifs is 4. The van der Waals surface area contributed by atoms with Gasteiger partial charge in [-0.3, -0.25) is 9.11 Å². The van der Waals surface area contributed by atoms with E-state index in [0.717, 1.165) is 90.7 Å². The van der Waals surface area contributed by atoms with Crippen LogP contribution in [0.3, 0.4) is 0 Å². The van der Waals surface area contributed by atoms with E-state index in [1.807, 2.05) is 6.20 Å². The number of benzene rings is 1. The zero-order valence-corrected chi connectivity index (χ0v) is 21.1. The molecule has 0 bridgehead atoms. The quantitative estimate of drug-likeness (QED) is 0.419. The van der Waals surface area contributed by atoms with Crippen molar-refractivity contribution in [1.29, 1.82) is 0 Å². The van der Waals surface area contributed by atoms with Crippen LogP contribution >= 0.6 is 0 Å². The zero-order chi connectivity index (χ0) is 24.1. The van der Waals surface area contributed by atoms with Crippen molar-refractivity contribution in [3.8, 4) is 11.4 Å². The van der Waals surface area contributed by atoms with E-state index in [0.29, 0.717) is 24.5 Å². The zero-order valence-electron chi connectivity index (χ0n) is 20.2. The molecule has 0 unspecified atom stereocenters. The summed E-state index contributed by atoms with van der Waals surface area (Å²) in [5.41, 5.74) is 7.13. The Hall–Kier alpha value is -2.88. The molecule has 9 heteroatoms. The molecule has 1 aliphatic carbocycles. The standard InChI is InChI=1S/C27H29N5O3S/c33-36-13-9-31(10-14-36)17-18-15-22-23-24(35-27(22)28-16-18)26(32-7-11-34-12-8-32)30-25(29-23)21-6-2-4-19-3-1-5-20(19)21/h2,4,6,15-16H,1,3,5,7-14,17H2. The van der Waals surface area contributed by atoms with E-state index in [9.17, 15) is 4.21 Å². The predicted octanol–water partition coefficient (Wildman–Crippen LogP) is 3.33. The molecule has 2 saturated heterocycles. The normalized spacial score (nSPS) is 19.4. The Bertz CT molecular complexity index is 1470. The number of pyridine rings is 1. The van der Waals surface area contributed by atoms with Crippen molar-refractivity contribution in [2.45, 2.75) is 25.8 Å². The van der Waals surface area contributed by atoms with E-state index in [2.05, 4.69) is 39.0 Å². The number of hydrogen-bond donors (Lipinski definition) is 0. The molecule has 0 amide bonds. The van der Waals surface area contributed by atoms with Crippen LogP contribution in [-0.4, -0.2) is 75.0 Å². The molecule has 4 aromatic rings. The SMILES string of the molecule is O=S1CCN(Cc2cnc3oc4c(N5CCOCC5)nc(-c5cccc6c5CCC6)nc4c3c2)CC1. The number of rotatable bonds is 4. The number of ether oxygens (including phenoxy) is 1. The summed E-state index contributed by atoms with van der Waals surface area (Å²) in [5.74, 6) is 3.07. The van der Waals surface area contributed by atoms with Crippen molar-refractivity contribution in [3.05, 3.63) is 47.2 Å². The minimum absolute atomic E-state index is 0.591. The maximum atomic E-state index is 11.8. The fourth-order valence-corrected chi connectivity index (χ4v) is 6.80. The lowest BCUT2D eigenvalue weighted by Gasteiger charge is -2.28. The van der Waals surface area contributed by atoms with E-state index in [1.54, 1.807) is 0 Å². The minimum atomic E-state index is -0.683. The molecule has 0 atom stereocenters. The number of aryl methyl sites for hydroxylation is 1. The van der Waals surface area contributed by atoms with Crippen LogP contribution in [0.5, 0.6) is 0 Å². The number of furan rings is 1. The maximum Gasteiger partial charge on any atom is 0.229 e. The lowest BCUT2D eigenvalue weighted by molar-refractivity contribution is 0.122. The van der Waals surface area contributed by atoms with Crippen LogP contribution in [0.25, 0.3) is 33.6 Å². The van der Waals surface area contributed by atoms with Gasteiger partial charge in [0.2, 0.25) is 5.71 Å². The lowest BCUT2D eigenvalue weighted by Crippen LogP contribution is -2.37. The molecule has 3 aliphatic rings. The average molecular weight is 504 g/mol. The molecule has 7 rings (SSSR count). The molecule has 2 aliphatic heterocycles. The van der Waals surface area contributed by atoms with Gasteiger partial charge in [-0.1, -0.05) is 18.2 Å². The number of aromatic nitrogens is 3. The van der Waals surface area contributed by atoms with Gasteiger partial charge in [0, 0.05) is 66.8 Å². The monoisotopic (exact) mass is 503 g/mol. The van der Waals surface area contributed by atoms with Crippen LogP contribution in [0.2, 0.25) is 0 Å². The number of anilines is 1. The molecule has 0 radical (unpaired) electrons. The topological polar surface area (TPSA) is 84.6 Å². The van der Waals surface area contributed by atoms with E-state index in [1.165, 1.54) is 17.5 Å². The second-order valence-electron chi connectivity index (χ2n) is 9.87. The molecule has 0 spiro atoms. The molecule has 5 heterocycles. The van der Waals surface area contributed by atoms with Crippen molar-refractivity contribution in [2.24, 2.45) is 0 Å². The highest BCUT2D eigenvalue weighted by atomic mass is 32.2. The first-order valence-electron chi connectivity index (χ1n) is 12.8. The summed E-state index contributed by atoms with van der Waals surface area (Å²) in [4.78, 5) is 19.5. The van der Waals surface area contributed by atoms with E-state index in [4.69, 9.17) is 19.1 Å². The van der Waals surface area contributed by atoms with Crippen molar-refractivity contribution in [1.82, 2.24) is 19.9 Å². The van der Waals surface area contributed by atoms with Gasteiger partial charge in [-0.25, -0.2) is 15.0 Å². The third kappa shape index (κ3) is 3.99. The average Bonchev–Trinajstić information content (AvgIpc) is 3.54. The van der Waals surface area contributed by atoms with Crippen molar-refractivity contribution >= 4 is 38.8 Å². The van der Waals surface area contributed by atoms with Crippen LogP contribution in [0.1, 0.15) is 23.1 Å². The number of hydrogen-bond acceptors (Lipinski definition) is 8. The van der Waals surface area contributed by atoms with Crippen LogP contribution in [-0.2, 0) is 34.9 Å². The van der Waals surface area contributed by atoms with Crippen molar-refractivity contribution in [2.75, 3.05) is 55.8 Å². The summed E-state index contributed by atoms with van der Waals surface area (Å²) < 4.78 is 23.7. The Morgan fingerprint density at radius 1 is 1.03 bits per heavy atom. The van der Waals surface area contributed by atoms with E-state index in [-0.39, 0.29) is 0 Å². The van der Waals surface area contributed by atoms with Crippen molar-refractivity contribution < 1.29 is 13.4 Å². The van der Waals surface area contributed by atoms with Gasteiger partial charge < -0.3 is 14.1 Å². The Balaban J connectivity index is 1.36. The van der Waals surface area contributed by atoms with Crippen LogP contribution in [0.15, 0.2) is 34.9 Å². The van der Waals surface area contributed by atoms with Crippen LogP contribution < -0.4 is 4.90 Å². The molecule has 3 aromatic heterocycles. The number of nitrogens with zero attached hydrogens (tertiary/aromatic N) is 5. The van der Waals surface area contributed by atoms with Crippen LogP contribution in [0, 0.1) is 0 Å². The van der Waals surface area contributed by atoms with Gasteiger partial charge in [-0.05, 0) is 42.0 Å². The molecule has 186 valence electrons. The van der Waals surface area contributed by atoms with Crippen molar-refractivity contribution in [3.63, 3.8) is 0 Å². The smallest absolute Gasteiger partial charge is 0.229 e. The highest BCUT2D eigenvalue weighted by molar-refractivity contribution is 7.85. The van der Waals surface area contributed by atoms with Gasteiger partial charge in [0.05, 0.1) is 18.6 Å². The summed E-state index contributed by atoms with van der Waals surface area (Å²) in [6.07, 6.45) is 5.26. The van der Waals surface area contributed by atoms with Gasteiger partial charge in [0.25, 0.3) is 0 Å². The molecular weight excluding hydrogens is 474 g/mol. The summed E-state index contributed by atoms with van der Waals surface area (Å²) in [6.45, 7) is 5.37. The Labute approximate surface area is 212 Å². The largest absolute Gasteiger partial charge is 0.432 e. The van der Waals surface area contributed by atoms with Gasteiger partial charge in [-0.15, -0.1) is 0 Å². The third-order valence-corrected chi connectivity index (χ3v) is 8.86. The summed E-state index contributed by atoms with van der Waals surface area (Å²) >= 11 is 0. The second-order valence-corrected chi connectivity index (χ2v) is 11.6. The molecule has 0 saturated carbocycles. The predicted molar refractivity (Wildman–Crippen MR) is 141 cm³/mol. The molecule has 8 nitrogen and oxygen atoms in total. The highest BCUT2D eigenvalue weighted by Gasteiger charge is 2.25. The van der Waals surface area contributed by atoms with Gasteiger partial charge in [0.1, 0.15) is 5.52 Å². The summed E-state index contributed by atoms with van der Waals surface area (Å²) in [7, 11) is -0.683. The molecule has 36 heavy (non-hydrogen) atoms. The highest BCUT2D eigenvalue weighted by Crippen LogP contribution is 2.37. The fraction of sp³-hybridized carbons (Fsp3) is 0.444. The Morgan fingerprint density at radius 3 is 2.75 bits per heavy atom. The first-order valence-corrected chi connectivity index (χ1v) is 14.3. The maximum absolute atomic E-state index is 11.8. The first-order chi connectivity index (χ1) is 17.7. The second kappa shape index (κ2) is 9.21. The number of morpholine rings is 1. The van der Waals surface area contributed by atoms with Gasteiger partial charge in [0.15, 0.2) is 17.2 Å². The first kappa shape index (κ1) is 22.3. The van der Waals surface area contributed by atoms with Gasteiger partial charge in [-0.2, -0.15) is 0 Å². The van der Waals surface area contributed by atoms with E-state index < -0.39 is 10.8 Å². The van der Waals surface area contributed by atoms with Gasteiger partial charge >= 0.3 is 0 Å². The molecular formula is C27H29N5O3S.